The van der Waals surface area contributed by atoms with E-state index in [1.165, 1.54) is 5.56 Å². The summed E-state index contributed by atoms with van der Waals surface area (Å²) in [6, 6.07) is 17.8. The zero-order chi connectivity index (χ0) is 16.2. The van der Waals surface area contributed by atoms with Crippen molar-refractivity contribution in [2.75, 3.05) is 0 Å². The lowest BCUT2D eigenvalue weighted by molar-refractivity contribution is 0.397. The van der Waals surface area contributed by atoms with Gasteiger partial charge in [-0.2, -0.15) is 10.2 Å². The lowest BCUT2D eigenvalue weighted by Crippen LogP contribution is -1.93. The quantitative estimate of drug-likeness (QED) is 0.572. The van der Waals surface area contributed by atoms with Crippen molar-refractivity contribution in [3.8, 4) is 11.3 Å². The average Bonchev–Trinajstić information content (AvgIpc) is 2.96. The molecule has 0 amide bonds. The highest BCUT2D eigenvalue weighted by molar-refractivity contribution is 5.63. The summed E-state index contributed by atoms with van der Waals surface area (Å²) < 4.78 is 5.39. The summed E-state index contributed by atoms with van der Waals surface area (Å²) in [5.41, 5.74) is 4.89. The smallest absolute Gasteiger partial charge is 0.139 e. The minimum absolute atomic E-state index is 0.127. The van der Waals surface area contributed by atoms with Crippen LogP contribution in [0.2, 0.25) is 0 Å². The maximum Gasteiger partial charge on any atom is 0.139 e. The lowest BCUT2D eigenvalue weighted by atomic mass is 10.0. The molecule has 0 N–H and O–H groups in total. The third-order valence-corrected chi connectivity index (χ3v) is 3.75. The molecule has 0 aliphatic rings. The highest BCUT2D eigenvalue weighted by Crippen LogP contribution is 2.32. The van der Waals surface area contributed by atoms with E-state index in [0.717, 1.165) is 28.3 Å². The van der Waals surface area contributed by atoms with Crippen LogP contribution < -0.4 is 0 Å². The molecule has 0 spiro atoms. The Hall–Kier alpha value is -2.75. The zero-order valence-electron chi connectivity index (χ0n) is 13.5. The van der Waals surface area contributed by atoms with E-state index in [1.807, 2.05) is 68.4 Å². The number of rotatable bonds is 4. The van der Waals surface area contributed by atoms with E-state index in [1.54, 1.807) is 0 Å². The summed E-state index contributed by atoms with van der Waals surface area (Å²) in [6.07, 6.45) is 0. The second-order valence-electron chi connectivity index (χ2n) is 5.59. The second kappa shape index (κ2) is 6.57. The van der Waals surface area contributed by atoms with Crippen molar-refractivity contribution >= 4 is 5.69 Å². The SMILES string of the molecule is Cc1ccc(N=NC(C)c2c(-c3ccccc3)noc2C)cc1. The summed E-state index contributed by atoms with van der Waals surface area (Å²) in [6.45, 7) is 5.96. The molecule has 1 unspecified atom stereocenters. The molecule has 1 atom stereocenters. The molecule has 0 aliphatic carbocycles. The van der Waals surface area contributed by atoms with E-state index >= 15 is 0 Å². The van der Waals surface area contributed by atoms with Gasteiger partial charge in [0.25, 0.3) is 0 Å². The molecule has 3 aromatic rings. The molecule has 4 nitrogen and oxygen atoms in total. The Balaban J connectivity index is 1.89. The van der Waals surface area contributed by atoms with E-state index in [2.05, 4.69) is 22.3 Å². The topological polar surface area (TPSA) is 50.8 Å². The molecule has 0 fully saturated rings. The van der Waals surface area contributed by atoms with Crippen LogP contribution >= 0.6 is 0 Å². The molecule has 1 heterocycles. The molecule has 0 saturated heterocycles. The summed E-state index contributed by atoms with van der Waals surface area (Å²) >= 11 is 0. The van der Waals surface area contributed by atoms with E-state index in [9.17, 15) is 0 Å². The molecule has 3 rings (SSSR count). The van der Waals surface area contributed by atoms with Gasteiger partial charge in [0.15, 0.2) is 0 Å². The van der Waals surface area contributed by atoms with Crippen LogP contribution in [0.15, 0.2) is 69.3 Å². The van der Waals surface area contributed by atoms with Crippen LogP contribution in [0, 0.1) is 13.8 Å². The van der Waals surface area contributed by atoms with Gasteiger partial charge >= 0.3 is 0 Å². The number of benzene rings is 2. The number of hydrogen-bond acceptors (Lipinski definition) is 4. The Morgan fingerprint density at radius 1 is 0.957 bits per heavy atom. The Kier molecular flexibility index (Phi) is 4.33. The van der Waals surface area contributed by atoms with Crippen molar-refractivity contribution in [2.45, 2.75) is 26.8 Å². The van der Waals surface area contributed by atoms with E-state index < -0.39 is 0 Å². The molecule has 0 aliphatic heterocycles. The minimum Gasteiger partial charge on any atom is -0.361 e. The molecular formula is C19H19N3O. The predicted molar refractivity (Wildman–Crippen MR) is 90.8 cm³/mol. The fourth-order valence-corrected chi connectivity index (χ4v) is 2.50. The first-order valence-electron chi connectivity index (χ1n) is 7.64. The van der Waals surface area contributed by atoms with Crippen LogP contribution in [-0.4, -0.2) is 5.16 Å². The van der Waals surface area contributed by atoms with Crippen molar-refractivity contribution in [1.29, 1.82) is 0 Å². The van der Waals surface area contributed by atoms with Crippen LogP contribution in [0.4, 0.5) is 5.69 Å². The van der Waals surface area contributed by atoms with E-state index in [-0.39, 0.29) is 6.04 Å². The minimum atomic E-state index is -0.127. The maximum atomic E-state index is 5.39. The Morgan fingerprint density at radius 3 is 2.35 bits per heavy atom. The summed E-state index contributed by atoms with van der Waals surface area (Å²) in [5, 5.41) is 13.0. The van der Waals surface area contributed by atoms with Crippen LogP contribution in [-0.2, 0) is 0 Å². The number of aromatic nitrogens is 1. The van der Waals surface area contributed by atoms with Gasteiger partial charge in [0.1, 0.15) is 11.5 Å². The van der Waals surface area contributed by atoms with Crippen LogP contribution in [0.5, 0.6) is 0 Å². The van der Waals surface area contributed by atoms with Gasteiger partial charge in [0.2, 0.25) is 0 Å². The summed E-state index contributed by atoms with van der Waals surface area (Å²) in [5.74, 6) is 0.777. The molecule has 4 heteroatoms. The second-order valence-corrected chi connectivity index (χ2v) is 5.59. The van der Waals surface area contributed by atoms with Crippen LogP contribution in [0.1, 0.15) is 29.9 Å². The van der Waals surface area contributed by atoms with Gasteiger partial charge in [0.05, 0.1) is 11.7 Å². The molecular weight excluding hydrogens is 286 g/mol. The van der Waals surface area contributed by atoms with Gasteiger partial charge in [-0.1, -0.05) is 53.2 Å². The third-order valence-electron chi connectivity index (χ3n) is 3.75. The molecule has 116 valence electrons. The molecule has 2 aromatic carbocycles. The number of hydrogen-bond donors (Lipinski definition) is 0. The Morgan fingerprint density at radius 2 is 1.65 bits per heavy atom. The highest BCUT2D eigenvalue weighted by atomic mass is 16.5. The Bertz CT molecular complexity index is 804. The number of azo groups is 1. The first-order valence-corrected chi connectivity index (χ1v) is 7.64. The normalized spacial score (nSPS) is 12.7. The summed E-state index contributed by atoms with van der Waals surface area (Å²) in [4.78, 5) is 0. The van der Waals surface area contributed by atoms with Gasteiger partial charge in [-0.3, -0.25) is 0 Å². The van der Waals surface area contributed by atoms with Gasteiger partial charge < -0.3 is 4.52 Å². The molecule has 0 saturated carbocycles. The standard InChI is InChI=1S/C19H19N3O/c1-13-9-11-17(12-10-13)21-20-14(2)18-15(3)23-22-19(18)16-7-5-4-6-8-16/h4-12,14H,1-3H3. The maximum absolute atomic E-state index is 5.39. The third kappa shape index (κ3) is 3.37. The monoisotopic (exact) mass is 305 g/mol. The van der Waals surface area contributed by atoms with Gasteiger partial charge in [-0.05, 0) is 32.9 Å². The van der Waals surface area contributed by atoms with Crippen molar-refractivity contribution in [1.82, 2.24) is 5.16 Å². The van der Waals surface area contributed by atoms with Gasteiger partial charge in [0, 0.05) is 11.1 Å². The summed E-state index contributed by atoms with van der Waals surface area (Å²) in [7, 11) is 0. The average molecular weight is 305 g/mol. The zero-order valence-corrected chi connectivity index (χ0v) is 13.5. The largest absolute Gasteiger partial charge is 0.361 e. The molecule has 1 aromatic heterocycles. The van der Waals surface area contributed by atoms with Crippen molar-refractivity contribution in [2.24, 2.45) is 10.2 Å². The fraction of sp³-hybridized carbons (Fsp3) is 0.211. The highest BCUT2D eigenvalue weighted by Gasteiger charge is 2.20. The molecule has 0 bridgehead atoms. The lowest BCUT2D eigenvalue weighted by Gasteiger charge is -2.06. The van der Waals surface area contributed by atoms with Crippen LogP contribution in [0.3, 0.4) is 0 Å². The van der Waals surface area contributed by atoms with Crippen LogP contribution in [0.25, 0.3) is 11.3 Å². The van der Waals surface area contributed by atoms with Crippen molar-refractivity contribution < 1.29 is 4.52 Å². The first kappa shape index (κ1) is 15.2. The van der Waals surface area contributed by atoms with Crippen molar-refractivity contribution in [3.63, 3.8) is 0 Å². The van der Waals surface area contributed by atoms with Gasteiger partial charge in [-0.25, -0.2) is 0 Å². The van der Waals surface area contributed by atoms with E-state index in [0.29, 0.717) is 0 Å². The fourth-order valence-electron chi connectivity index (χ4n) is 2.50. The Labute approximate surface area is 135 Å². The predicted octanol–water partition coefficient (Wildman–Crippen LogP) is 5.80. The number of nitrogens with zero attached hydrogens (tertiary/aromatic N) is 3. The van der Waals surface area contributed by atoms with Crippen molar-refractivity contribution in [3.05, 3.63) is 71.5 Å². The molecule has 0 radical (unpaired) electrons. The first-order chi connectivity index (χ1) is 11.1. The molecule has 23 heavy (non-hydrogen) atoms. The van der Waals surface area contributed by atoms with E-state index in [4.69, 9.17) is 4.52 Å². The van der Waals surface area contributed by atoms with Gasteiger partial charge in [-0.15, -0.1) is 0 Å². The number of aryl methyl sites for hydroxylation is 2.